The third kappa shape index (κ3) is 18.3. The zero-order valence-corrected chi connectivity index (χ0v) is 18.6. The zero-order valence-electron chi connectivity index (χ0n) is 18.6. The van der Waals surface area contributed by atoms with Gasteiger partial charge in [-0.05, 0) is 38.6 Å². The lowest BCUT2D eigenvalue weighted by atomic mass is 10.1. The van der Waals surface area contributed by atoms with Crippen molar-refractivity contribution in [2.24, 2.45) is 11.5 Å². The fraction of sp³-hybridized carbons (Fsp3) is 0.913. The second kappa shape index (κ2) is 20.6. The van der Waals surface area contributed by atoms with Crippen LogP contribution in [0.3, 0.4) is 0 Å². The predicted molar refractivity (Wildman–Crippen MR) is 119 cm³/mol. The molecule has 1 heterocycles. The molecule has 1 aliphatic rings. The van der Waals surface area contributed by atoms with Gasteiger partial charge in [-0.15, -0.1) is 0 Å². The first-order chi connectivity index (χ1) is 13.6. The molecule has 0 aliphatic carbocycles. The van der Waals surface area contributed by atoms with Gasteiger partial charge in [-0.3, -0.25) is 9.59 Å². The maximum atomic E-state index is 11.8. The van der Waals surface area contributed by atoms with Gasteiger partial charge in [-0.1, -0.05) is 71.1 Å². The molecule has 0 saturated carbocycles. The number of hydrogen-bond donors (Lipinski definition) is 2. The number of nitrogens with zero attached hydrogens (tertiary/aromatic N) is 1. The van der Waals surface area contributed by atoms with Crippen LogP contribution in [0.15, 0.2) is 0 Å². The van der Waals surface area contributed by atoms with Crippen molar-refractivity contribution in [3.63, 3.8) is 0 Å². The molecule has 2 amide bonds. The van der Waals surface area contributed by atoms with Crippen LogP contribution < -0.4 is 11.5 Å². The molecule has 0 atom stereocenters. The monoisotopic (exact) mass is 397 g/mol. The molecule has 1 rings (SSSR count). The van der Waals surface area contributed by atoms with Crippen LogP contribution in [0.1, 0.15) is 116 Å². The molecule has 0 aromatic heterocycles. The molecule has 5 nitrogen and oxygen atoms in total. The summed E-state index contributed by atoms with van der Waals surface area (Å²) in [5.74, 6) is -0.0337. The average Bonchev–Trinajstić information content (AvgIpc) is 2.97. The minimum atomic E-state index is -0.276. The molecule has 0 bridgehead atoms. The van der Waals surface area contributed by atoms with Gasteiger partial charge in [-0.25, -0.2) is 0 Å². The Morgan fingerprint density at radius 3 is 1.71 bits per heavy atom. The highest BCUT2D eigenvalue weighted by Crippen LogP contribution is 2.12. The van der Waals surface area contributed by atoms with Crippen LogP contribution in [0.5, 0.6) is 0 Å². The average molecular weight is 398 g/mol. The van der Waals surface area contributed by atoms with E-state index in [1.807, 2.05) is 4.90 Å². The van der Waals surface area contributed by atoms with E-state index >= 15 is 0 Å². The Balaban J connectivity index is 0.000000546. The van der Waals surface area contributed by atoms with Gasteiger partial charge in [0.1, 0.15) is 0 Å². The molecule has 5 heteroatoms. The van der Waals surface area contributed by atoms with Crippen LogP contribution in [0.25, 0.3) is 0 Å². The van der Waals surface area contributed by atoms with E-state index in [1.165, 1.54) is 70.6 Å². The van der Waals surface area contributed by atoms with E-state index in [2.05, 4.69) is 6.92 Å². The molecule has 28 heavy (non-hydrogen) atoms. The number of hydrogen-bond acceptors (Lipinski definition) is 3. The summed E-state index contributed by atoms with van der Waals surface area (Å²) in [5, 5.41) is 0. The fourth-order valence-corrected chi connectivity index (χ4v) is 3.51. The van der Waals surface area contributed by atoms with E-state index in [4.69, 9.17) is 11.5 Å². The van der Waals surface area contributed by atoms with E-state index in [-0.39, 0.29) is 11.8 Å². The molecule has 166 valence electrons. The molecule has 0 spiro atoms. The minimum Gasteiger partial charge on any atom is -0.370 e. The van der Waals surface area contributed by atoms with Gasteiger partial charge in [0.05, 0.1) is 0 Å². The number of carbonyl (C=O) groups excluding carboxylic acids is 2. The number of amides is 2. The van der Waals surface area contributed by atoms with Crippen LogP contribution in [-0.4, -0.2) is 36.3 Å². The Kier molecular flexibility index (Phi) is 19.8. The summed E-state index contributed by atoms with van der Waals surface area (Å²) in [6.45, 7) is 4.96. The van der Waals surface area contributed by atoms with Crippen molar-refractivity contribution in [2.75, 3.05) is 19.6 Å². The van der Waals surface area contributed by atoms with Crippen LogP contribution in [0, 0.1) is 0 Å². The van der Waals surface area contributed by atoms with E-state index < -0.39 is 0 Å². The number of rotatable bonds is 14. The summed E-state index contributed by atoms with van der Waals surface area (Å²) in [6.07, 6.45) is 19.7. The normalized spacial score (nSPS) is 14.1. The maximum Gasteiger partial charge on any atom is 0.222 e. The molecule has 0 radical (unpaired) electrons. The Morgan fingerprint density at radius 2 is 1.21 bits per heavy atom. The molecule has 4 N–H and O–H groups in total. The van der Waals surface area contributed by atoms with E-state index in [9.17, 15) is 9.59 Å². The number of nitrogens with two attached hydrogens (primary N) is 2. The number of primary amides is 1. The number of likely N-dealkylation sites (tertiary alicyclic amines) is 1. The number of unbranched alkanes of at least 4 members (excludes halogenated alkanes) is 9. The van der Waals surface area contributed by atoms with Gasteiger partial charge < -0.3 is 16.4 Å². The smallest absolute Gasteiger partial charge is 0.222 e. The third-order valence-electron chi connectivity index (χ3n) is 5.33. The zero-order chi connectivity index (χ0) is 20.9. The predicted octanol–water partition coefficient (Wildman–Crippen LogP) is 4.91. The molecule has 0 aromatic rings. The highest BCUT2D eigenvalue weighted by Gasteiger charge is 2.14. The Morgan fingerprint density at radius 1 is 0.714 bits per heavy atom. The van der Waals surface area contributed by atoms with Crippen molar-refractivity contribution in [1.29, 1.82) is 0 Å². The van der Waals surface area contributed by atoms with Crippen LogP contribution in [0.2, 0.25) is 0 Å². The summed E-state index contributed by atoms with van der Waals surface area (Å²) in [6, 6.07) is 0. The maximum absolute atomic E-state index is 11.8. The van der Waals surface area contributed by atoms with Gasteiger partial charge in [-0.2, -0.15) is 0 Å². The second-order valence-corrected chi connectivity index (χ2v) is 8.09. The SMILES string of the molecule is CCCCCCCCCCCN.NC(=O)CCCCC(=O)N1CCCCCC1. The van der Waals surface area contributed by atoms with E-state index in [1.54, 1.807) is 0 Å². The van der Waals surface area contributed by atoms with Gasteiger partial charge in [0.15, 0.2) is 0 Å². The standard InChI is InChI=1S/C12H22N2O2.C11H25N/c13-11(15)7-3-4-8-12(16)14-9-5-1-2-6-10-14;1-2-3-4-5-6-7-8-9-10-11-12/h1-10H2,(H2,13,15);2-12H2,1H3. The van der Waals surface area contributed by atoms with Crippen molar-refractivity contribution in [2.45, 2.75) is 116 Å². The first-order valence-electron chi connectivity index (χ1n) is 11.9. The lowest BCUT2D eigenvalue weighted by Gasteiger charge is -2.20. The Bertz CT molecular complexity index is 357. The summed E-state index contributed by atoms with van der Waals surface area (Å²) in [7, 11) is 0. The lowest BCUT2D eigenvalue weighted by molar-refractivity contribution is -0.131. The van der Waals surface area contributed by atoms with Gasteiger partial charge in [0, 0.05) is 25.9 Å². The highest BCUT2D eigenvalue weighted by atomic mass is 16.2. The van der Waals surface area contributed by atoms with Crippen LogP contribution >= 0.6 is 0 Å². The second-order valence-electron chi connectivity index (χ2n) is 8.09. The number of carbonyl (C=O) groups is 2. The van der Waals surface area contributed by atoms with Gasteiger partial charge >= 0.3 is 0 Å². The van der Waals surface area contributed by atoms with Crippen molar-refractivity contribution in [3.8, 4) is 0 Å². The molecule has 1 fully saturated rings. The minimum absolute atomic E-state index is 0.242. The quantitative estimate of drug-likeness (QED) is 0.408. The third-order valence-corrected chi connectivity index (χ3v) is 5.33. The molecule has 0 unspecified atom stereocenters. The molecule has 0 aromatic carbocycles. The van der Waals surface area contributed by atoms with Crippen LogP contribution in [-0.2, 0) is 9.59 Å². The van der Waals surface area contributed by atoms with Crippen molar-refractivity contribution >= 4 is 11.8 Å². The summed E-state index contributed by atoms with van der Waals surface area (Å²) >= 11 is 0. The van der Waals surface area contributed by atoms with Crippen molar-refractivity contribution in [3.05, 3.63) is 0 Å². The first kappa shape index (κ1) is 26.9. The first-order valence-corrected chi connectivity index (χ1v) is 11.9. The van der Waals surface area contributed by atoms with E-state index in [0.29, 0.717) is 12.8 Å². The Hall–Kier alpha value is -1.10. The van der Waals surface area contributed by atoms with Crippen LogP contribution in [0.4, 0.5) is 0 Å². The van der Waals surface area contributed by atoms with Gasteiger partial charge in [0.25, 0.3) is 0 Å². The van der Waals surface area contributed by atoms with Gasteiger partial charge in [0.2, 0.25) is 11.8 Å². The van der Waals surface area contributed by atoms with Crippen molar-refractivity contribution < 1.29 is 9.59 Å². The topological polar surface area (TPSA) is 89.4 Å². The molecule has 1 aliphatic heterocycles. The lowest BCUT2D eigenvalue weighted by Crippen LogP contribution is -2.31. The molecule has 1 saturated heterocycles. The molecular formula is C23H47N3O2. The largest absolute Gasteiger partial charge is 0.370 e. The summed E-state index contributed by atoms with van der Waals surface area (Å²) in [4.78, 5) is 24.3. The highest BCUT2D eigenvalue weighted by molar-refractivity contribution is 5.76. The molecular weight excluding hydrogens is 350 g/mol. The van der Waals surface area contributed by atoms with Crippen molar-refractivity contribution in [1.82, 2.24) is 4.90 Å². The summed E-state index contributed by atoms with van der Waals surface area (Å²) in [5.41, 5.74) is 10.4. The van der Waals surface area contributed by atoms with E-state index in [0.717, 1.165) is 45.3 Å². The summed E-state index contributed by atoms with van der Waals surface area (Å²) < 4.78 is 0. The fourth-order valence-electron chi connectivity index (χ4n) is 3.51. The Labute approximate surface area is 174 Å².